The quantitative estimate of drug-likeness (QED) is 0.113. The molecule has 0 unspecified atom stereocenters. The second kappa shape index (κ2) is 17.9. The van der Waals surface area contributed by atoms with E-state index in [0.29, 0.717) is 18.9 Å². The van der Waals surface area contributed by atoms with E-state index in [4.69, 9.17) is 14.5 Å². The number of ether oxygens (including phenoxy) is 2. The van der Waals surface area contributed by atoms with Crippen LogP contribution in [0.1, 0.15) is 94.4 Å². The van der Waals surface area contributed by atoms with Crippen molar-refractivity contribution < 1.29 is 28.7 Å². The van der Waals surface area contributed by atoms with Gasteiger partial charge in [-0.2, -0.15) is 0 Å². The van der Waals surface area contributed by atoms with Crippen LogP contribution in [0.2, 0.25) is 0 Å². The van der Waals surface area contributed by atoms with Crippen LogP contribution < -0.4 is 10.6 Å². The van der Waals surface area contributed by atoms with Crippen molar-refractivity contribution in [2.75, 3.05) is 27.3 Å². The number of amides is 4. The second-order valence-electron chi connectivity index (χ2n) is 16.2. The summed E-state index contributed by atoms with van der Waals surface area (Å²) in [5, 5.41) is 5.68. The molecule has 14 nitrogen and oxygen atoms in total. The van der Waals surface area contributed by atoms with Gasteiger partial charge in [0, 0.05) is 13.1 Å². The third-order valence-electron chi connectivity index (χ3n) is 12.7. The maximum Gasteiger partial charge on any atom is 0.407 e. The lowest BCUT2D eigenvalue weighted by molar-refractivity contribution is -0.136. The molecule has 3 fully saturated rings. The second-order valence-corrected chi connectivity index (χ2v) is 16.2. The van der Waals surface area contributed by atoms with Crippen LogP contribution in [0.25, 0.3) is 33.6 Å². The Labute approximate surface area is 344 Å². The summed E-state index contributed by atoms with van der Waals surface area (Å²) in [6, 6.07) is 14.8. The Balaban J connectivity index is 0.914. The van der Waals surface area contributed by atoms with E-state index in [1.165, 1.54) is 14.2 Å². The summed E-state index contributed by atoms with van der Waals surface area (Å²) < 4.78 is 9.75. The lowest BCUT2D eigenvalue weighted by Gasteiger charge is -2.34. The molecule has 8 rings (SSSR count). The predicted molar refractivity (Wildman–Crippen MR) is 222 cm³/mol. The molecular weight excluding hydrogens is 749 g/mol. The SMILES string of the molecule is COC(=O)N[C@H](C(=O)N1CC=C[C@H]1c1ncc(-c2ccc(-c3ccc(-c4cnc([C@@H]5CCCN5C(=O)[C@@H](NC(=O)OC)C5CCCCC5)[nH]4)cc3)cc2)[nH]1)C1CCCC1. The zero-order valence-corrected chi connectivity index (χ0v) is 33.8. The number of carbonyl (C=O) groups excluding carboxylic acids is 4. The van der Waals surface area contributed by atoms with E-state index in [9.17, 15) is 19.2 Å². The maximum absolute atomic E-state index is 14.0. The summed E-state index contributed by atoms with van der Waals surface area (Å²) in [6.07, 6.45) is 17.1. The number of methoxy groups -OCH3 is 2. The van der Waals surface area contributed by atoms with Gasteiger partial charge in [-0.3, -0.25) is 9.59 Å². The number of hydrogen-bond donors (Lipinski definition) is 4. The van der Waals surface area contributed by atoms with Crippen molar-refractivity contribution >= 4 is 24.0 Å². The minimum Gasteiger partial charge on any atom is -0.453 e. The molecule has 59 heavy (non-hydrogen) atoms. The first-order valence-corrected chi connectivity index (χ1v) is 21.1. The summed E-state index contributed by atoms with van der Waals surface area (Å²) in [4.78, 5) is 72.3. The fourth-order valence-corrected chi connectivity index (χ4v) is 9.52. The van der Waals surface area contributed by atoms with Crippen molar-refractivity contribution in [1.29, 1.82) is 0 Å². The van der Waals surface area contributed by atoms with Crippen LogP contribution in [0.3, 0.4) is 0 Å². The van der Waals surface area contributed by atoms with Gasteiger partial charge in [0.15, 0.2) is 0 Å². The average Bonchev–Trinajstić information content (AvgIpc) is 4.14. The van der Waals surface area contributed by atoms with E-state index in [1.807, 2.05) is 23.2 Å². The molecule has 4 aromatic rings. The van der Waals surface area contributed by atoms with Crippen molar-refractivity contribution in [3.05, 3.63) is 84.7 Å². The minimum atomic E-state index is -0.636. The number of imidazole rings is 2. The molecule has 2 aliphatic heterocycles. The fraction of sp³-hybridized carbons (Fsp3) is 0.467. The molecule has 2 aromatic heterocycles. The zero-order valence-electron chi connectivity index (χ0n) is 33.8. The molecule has 4 amide bonds. The van der Waals surface area contributed by atoms with Gasteiger partial charge in [0.05, 0.1) is 44.0 Å². The molecule has 2 aliphatic carbocycles. The molecule has 4 aliphatic rings. The Morgan fingerprint density at radius 1 is 0.627 bits per heavy atom. The van der Waals surface area contributed by atoms with Crippen LogP contribution >= 0.6 is 0 Å². The Morgan fingerprint density at radius 3 is 1.64 bits per heavy atom. The van der Waals surface area contributed by atoms with Gasteiger partial charge in [0.25, 0.3) is 0 Å². The number of nitrogens with zero attached hydrogens (tertiary/aromatic N) is 4. The number of nitrogens with one attached hydrogen (secondary N) is 4. The molecule has 0 spiro atoms. The van der Waals surface area contributed by atoms with Crippen molar-refractivity contribution in [3.8, 4) is 33.6 Å². The number of aromatic nitrogens is 4. The Bertz CT molecular complexity index is 2130. The lowest BCUT2D eigenvalue weighted by Crippen LogP contribution is -2.52. The van der Waals surface area contributed by atoms with Gasteiger partial charge in [-0.15, -0.1) is 0 Å². The van der Waals surface area contributed by atoms with Crippen molar-refractivity contribution in [1.82, 2.24) is 40.4 Å². The van der Waals surface area contributed by atoms with Gasteiger partial charge in [0.1, 0.15) is 29.8 Å². The van der Waals surface area contributed by atoms with Crippen LogP contribution in [0.4, 0.5) is 9.59 Å². The van der Waals surface area contributed by atoms with E-state index in [0.717, 1.165) is 110 Å². The average molecular weight is 803 g/mol. The molecule has 4 N–H and O–H groups in total. The van der Waals surface area contributed by atoms with Crippen molar-refractivity contribution in [2.45, 2.75) is 94.8 Å². The maximum atomic E-state index is 14.0. The van der Waals surface area contributed by atoms with Crippen LogP contribution in [-0.2, 0) is 19.1 Å². The highest BCUT2D eigenvalue weighted by Gasteiger charge is 2.41. The summed E-state index contributed by atoms with van der Waals surface area (Å²) >= 11 is 0. The van der Waals surface area contributed by atoms with Gasteiger partial charge >= 0.3 is 12.2 Å². The summed E-state index contributed by atoms with van der Waals surface area (Å²) in [7, 11) is 2.65. The van der Waals surface area contributed by atoms with E-state index >= 15 is 0 Å². The monoisotopic (exact) mass is 802 g/mol. The third kappa shape index (κ3) is 8.62. The Morgan fingerprint density at radius 2 is 1.10 bits per heavy atom. The number of rotatable bonds is 11. The summed E-state index contributed by atoms with van der Waals surface area (Å²) in [5.74, 6) is 1.41. The number of H-pyrrole nitrogens is 2. The highest BCUT2D eigenvalue weighted by molar-refractivity contribution is 5.87. The first-order chi connectivity index (χ1) is 28.8. The smallest absolute Gasteiger partial charge is 0.407 e. The van der Waals surface area contributed by atoms with Gasteiger partial charge in [-0.25, -0.2) is 19.6 Å². The molecule has 2 saturated carbocycles. The van der Waals surface area contributed by atoms with Crippen LogP contribution in [0.5, 0.6) is 0 Å². The molecule has 4 heterocycles. The number of hydrogen-bond acceptors (Lipinski definition) is 8. The van der Waals surface area contributed by atoms with Crippen LogP contribution in [-0.4, -0.2) is 93.1 Å². The number of carbonyl (C=O) groups is 4. The Hall–Kier alpha value is -5.92. The lowest BCUT2D eigenvalue weighted by atomic mass is 9.83. The molecule has 2 aromatic carbocycles. The largest absolute Gasteiger partial charge is 0.453 e. The highest BCUT2D eigenvalue weighted by Crippen LogP contribution is 2.36. The van der Waals surface area contributed by atoms with E-state index in [1.54, 1.807) is 11.1 Å². The Kier molecular flexibility index (Phi) is 12.1. The molecule has 4 atom stereocenters. The van der Waals surface area contributed by atoms with Crippen LogP contribution in [0.15, 0.2) is 73.1 Å². The number of likely N-dealkylation sites (tertiary alicyclic amines) is 1. The number of alkyl carbamates (subject to hydrolysis) is 2. The summed E-state index contributed by atoms with van der Waals surface area (Å²) in [5.41, 5.74) is 5.80. The fourth-order valence-electron chi connectivity index (χ4n) is 9.52. The first-order valence-electron chi connectivity index (χ1n) is 21.1. The number of benzene rings is 2. The molecular formula is C45H54N8O6. The standard InChI is InChI=1S/C45H54N8O6/c1-58-44(56)50-38(32-10-4-3-5-11-32)42(54)52-24-8-14-36(52)40-46-26-34(48-40)30-20-16-28(17-21-30)29-18-22-31(23-19-29)35-27-47-41(49-35)37-15-9-25-53(37)43(55)39(51-45(57)59-2)33-12-6-7-13-33/h9,15-23,26-27,32-33,36-39H,3-8,10-14,24-25H2,1-2H3,(H,46,48)(H,47,49)(H,50,56)(H,51,57)/t36-,37-,38-,39-/m0/s1. The predicted octanol–water partition coefficient (Wildman–Crippen LogP) is 7.46. The molecule has 0 bridgehead atoms. The zero-order chi connectivity index (χ0) is 40.9. The van der Waals surface area contributed by atoms with E-state index < -0.39 is 24.3 Å². The molecule has 14 heteroatoms. The van der Waals surface area contributed by atoms with Crippen molar-refractivity contribution in [3.63, 3.8) is 0 Å². The number of aromatic amines is 2. The normalized spacial score (nSPS) is 20.7. The molecule has 0 radical (unpaired) electrons. The topological polar surface area (TPSA) is 175 Å². The minimum absolute atomic E-state index is 0.0607. The highest BCUT2D eigenvalue weighted by atomic mass is 16.5. The van der Waals surface area contributed by atoms with E-state index in [2.05, 4.69) is 74.1 Å². The van der Waals surface area contributed by atoms with Gasteiger partial charge in [0.2, 0.25) is 11.8 Å². The first kappa shape index (κ1) is 39.9. The van der Waals surface area contributed by atoms with Crippen LogP contribution in [0, 0.1) is 11.8 Å². The van der Waals surface area contributed by atoms with E-state index in [-0.39, 0.29) is 35.7 Å². The van der Waals surface area contributed by atoms with Gasteiger partial charge < -0.3 is 39.9 Å². The molecule has 310 valence electrons. The molecule has 1 saturated heterocycles. The van der Waals surface area contributed by atoms with Gasteiger partial charge in [-0.05, 0) is 72.6 Å². The summed E-state index contributed by atoms with van der Waals surface area (Å²) in [6.45, 7) is 1.07. The van der Waals surface area contributed by atoms with Gasteiger partial charge in [-0.1, -0.05) is 92.8 Å². The van der Waals surface area contributed by atoms with Crippen molar-refractivity contribution in [2.24, 2.45) is 11.8 Å². The third-order valence-corrected chi connectivity index (χ3v) is 12.7.